The molecule has 0 fully saturated rings. The minimum absolute atomic E-state index is 0.0280. The molecule has 24 heavy (non-hydrogen) atoms. The molecule has 2 aromatic rings. The molecular formula is C16H11ClF3NO3. The summed E-state index contributed by atoms with van der Waals surface area (Å²) in [6.07, 6.45) is -4.69. The van der Waals surface area contributed by atoms with Crippen LogP contribution in [0.25, 0.3) is 0 Å². The Labute approximate surface area is 140 Å². The molecule has 1 amide bonds. The van der Waals surface area contributed by atoms with Crippen LogP contribution in [0.15, 0.2) is 42.5 Å². The van der Waals surface area contributed by atoms with Crippen LogP contribution in [0.4, 0.5) is 18.9 Å². The lowest BCUT2D eigenvalue weighted by atomic mass is 10.1. The molecular weight excluding hydrogens is 347 g/mol. The molecule has 0 saturated heterocycles. The summed E-state index contributed by atoms with van der Waals surface area (Å²) >= 11 is 5.81. The molecule has 8 heteroatoms. The van der Waals surface area contributed by atoms with Crippen molar-refractivity contribution in [3.63, 3.8) is 0 Å². The van der Waals surface area contributed by atoms with E-state index >= 15 is 0 Å². The summed E-state index contributed by atoms with van der Waals surface area (Å²) < 4.78 is 43.6. The fourth-order valence-electron chi connectivity index (χ4n) is 2.03. The highest BCUT2D eigenvalue weighted by molar-refractivity contribution is 6.31. The number of carbonyl (C=O) groups is 2. The van der Waals surface area contributed by atoms with E-state index in [0.29, 0.717) is 0 Å². The van der Waals surface area contributed by atoms with Crippen LogP contribution >= 0.6 is 11.6 Å². The lowest BCUT2D eigenvalue weighted by Crippen LogP contribution is -2.20. The van der Waals surface area contributed by atoms with E-state index in [0.717, 1.165) is 19.2 Å². The lowest BCUT2D eigenvalue weighted by Gasteiger charge is -2.14. The Morgan fingerprint density at radius 1 is 1.08 bits per heavy atom. The second kappa shape index (κ2) is 6.92. The average molecular weight is 358 g/mol. The molecule has 2 aromatic carbocycles. The van der Waals surface area contributed by atoms with Crippen molar-refractivity contribution in [1.29, 1.82) is 0 Å². The summed E-state index contributed by atoms with van der Waals surface area (Å²) in [4.78, 5) is 23.9. The number of halogens is 4. The first-order valence-electron chi connectivity index (χ1n) is 6.59. The number of amides is 1. The van der Waals surface area contributed by atoms with Gasteiger partial charge in [-0.2, -0.15) is 13.2 Å². The fraction of sp³-hybridized carbons (Fsp3) is 0.125. The monoisotopic (exact) mass is 357 g/mol. The van der Waals surface area contributed by atoms with Crippen molar-refractivity contribution in [2.24, 2.45) is 0 Å². The Morgan fingerprint density at radius 2 is 1.75 bits per heavy atom. The maximum absolute atomic E-state index is 13.0. The summed E-state index contributed by atoms with van der Waals surface area (Å²) in [6, 6.07) is 8.28. The van der Waals surface area contributed by atoms with Crippen molar-refractivity contribution in [2.75, 3.05) is 12.4 Å². The van der Waals surface area contributed by atoms with Crippen LogP contribution < -0.4 is 5.32 Å². The molecule has 126 valence electrons. The van der Waals surface area contributed by atoms with Gasteiger partial charge in [-0.25, -0.2) is 4.79 Å². The van der Waals surface area contributed by atoms with Gasteiger partial charge in [-0.15, -0.1) is 0 Å². The maximum Gasteiger partial charge on any atom is 0.417 e. The van der Waals surface area contributed by atoms with E-state index in [2.05, 4.69) is 10.1 Å². The van der Waals surface area contributed by atoms with Crippen molar-refractivity contribution >= 4 is 29.2 Å². The number of alkyl halides is 3. The van der Waals surface area contributed by atoms with Gasteiger partial charge in [-0.05, 0) is 30.3 Å². The van der Waals surface area contributed by atoms with E-state index in [1.54, 1.807) is 0 Å². The van der Waals surface area contributed by atoms with Crippen molar-refractivity contribution < 1.29 is 27.5 Å². The number of ether oxygens (including phenoxy) is 1. The van der Waals surface area contributed by atoms with E-state index in [4.69, 9.17) is 11.6 Å². The summed E-state index contributed by atoms with van der Waals surface area (Å²) in [5.41, 5.74) is -1.72. The van der Waals surface area contributed by atoms with Crippen molar-refractivity contribution in [3.05, 3.63) is 64.2 Å². The van der Waals surface area contributed by atoms with Crippen LogP contribution in [0, 0.1) is 0 Å². The van der Waals surface area contributed by atoms with Crippen molar-refractivity contribution in [1.82, 2.24) is 0 Å². The van der Waals surface area contributed by atoms with Crippen molar-refractivity contribution in [2.45, 2.75) is 6.18 Å². The molecule has 0 heterocycles. The van der Waals surface area contributed by atoms with E-state index in [9.17, 15) is 22.8 Å². The number of benzene rings is 2. The third-order valence-electron chi connectivity index (χ3n) is 3.11. The number of nitrogens with one attached hydrogen (secondary N) is 1. The van der Waals surface area contributed by atoms with Crippen LogP contribution in [0.3, 0.4) is 0 Å². The Hall–Kier alpha value is -2.54. The average Bonchev–Trinajstić information content (AvgIpc) is 2.53. The highest BCUT2D eigenvalue weighted by atomic mass is 35.5. The van der Waals surface area contributed by atoms with Crippen LogP contribution in [0.5, 0.6) is 0 Å². The number of methoxy groups -OCH3 is 1. The predicted octanol–water partition coefficient (Wildman–Crippen LogP) is 4.40. The Bertz CT molecular complexity index is 790. The minimum atomic E-state index is -4.69. The number of esters is 1. The lowest BCUT2D eigenvalue weighted by molar-refractivity contribution is -0.137. The van der Waals surface area contributed by atoms with Crippen LogP contribution in [-0.2, 0) is 10.9 Å². The Morgan fingerprint density at radius 3 is 2.38 bits per heavy atom. The SMILES string of the molecule is COC(=O)c1ccc(Cl)cc1NC(=O)c1ccccc1C(F)(F)F. The summed E-state index contributed by atoms with van der Waals surface area (Å²) in [7, 11) is 1.14. The Kier molecular flexibility index (Phi) is 5.14. The third-order valence-corrected chi connectivity index (χ3v) is 3.35. The van der Waals surface area contributed by atoms with Crippen LogP contribution in [0.2, 0.25) is 5.02 Å². The fourth-order valence-corrected chi connectivity index (χ4v) is 2.20. The van der Waals surface area contributed by atoms with E-state index in [1.807, 2.05) is 0 Å². The van der Waals surface area contributed by atoms with Gasteiger partial charge in [0.15, 0.2) is 0 Å². The quantitative estimate of drug-likeness (QED) is 0.828. The second-order valence-electron chi connectivity index (χ2n) is 4.68. The summed E-state index contributed by atoms with van der Waals surface area (Å²) in [5, 5.41) is 2.47. The molecule has 0 aliphatic carbocycles. The van der Waals surface area contributed by atoms with Crippen LogP contribution in [-0.4, -0.2) is 19.0 Å². The summed E-state index contributed by atoms with van der Waals surface area (Å²) in [6.45, 7) is 0. The number of hydrogen-bond donors (Lipinski definition) is 1. The maximum atomic E-state index is 13.0. The molecule has 0 aliphatic heterocycles. The van der Waals surface area contributed by atoms with Gasteiger partial charge in [-0.3, -0.25) is 4.79 Å². The third kappa shape index (κ3) is 3.86. The normalized spacial score (nSPS) is 11.0. The molecule has 0 spiro atoms. The molecule has 0 unspecified atom stereocenters. The van der Waals surface area contributed by atoms with Gasteiger partial charge in [0.2, 0.25) is 0 Å². The highest BCUT2D eigenvalue weighted by Gasteiger charge is 2.35. The topological polar surface area (TPSA) is 55.4 Å². The smallest absolute Gasteiger partial charge is 0.417 e. The van der Waals surface area contributed by atoms with E-state index < -0.39 is 29.2 Å². The van der Waals surface area contributed by atoms with Crippen molar-refractivity contribution in [3.8, 4) is 0 Å². The number of carbonyl (C=O) groups excluding carboxylic acids is 2. The minimum Gasteiger partial charge on any atom is -0.465 e. The van der Waals surface area contributed by atoms with E-state index in [1.165, 1.54) is 30.3 Å². The second-order valence-corrected chi connectivity index (χ2v) is 5.12. The molecule has 0 bridgehead atoms. The molecule has 0 aromatic heterocycles. The van der Waals surface area contributed by atoms with Gasteiger partial charge in [0, 0.05) is 5.02 Å². The van der Waals surface area contributed by atoms with Gasteiger partial charge in [0.1, 0.15) is 0 Å². The zero-order valence-electron chi connectivity index (χ0n) is 12.3. The zero-order valence-corrected chi connectivity index (χ0v) is 13.0. The molecule has 2 rings (SSSR count). The van der Waals surface area contributed by atoms with Gasteiger partial charge < -0.3 is 10.1 Å². The molecule has 0 atom stereocenters. The molecule has 0 radical (unpaired) electrons. The van der Waals surface area contributed by atoms with E-state index in [-0.39, 0.29) is 16.3 Å². The molecule has 0 saturated carbocycles. The van der Waals surface area contributed by atoms with Gasteiger partial charge in [0.25, 0.3) is 5.91 Å². The first kappa shape index (κ1) is 17.8. The zero-order chi connectivity index (χ0) is 17.9. The summed E-state index contributed by atoms with van der Waals surface area (Å²) in [5.74, 6) is -1.78. The predicted molar refractivity (Wildman–Crippen MR) is 82.2 cm³/mol. The number of anilines is 1. The van der Waals surface area contributed by atoms with Gasteiger partial charge in [0.05, 0.1) is 29.5 Å². The number of hydrogen-bond acceptors (Lipinski definition) is 3. The first-order valence-corrected chi connectivity index (χ1v) is 6.97. The first-order chi connectivity index (χ1) is 11.2. The molecule has 0 aliphatic rings. The number of rotatable bonds is 3. The molecule has 1 N–H and O–H groups in total. The highest BCUT2D eigenvalue weighted by Crippen LogP contribution is 2.32. The van der Waals surface area contributed by atoms with Gasteiger partial charge in [-0.1, -0.05) is 23.7 Å². The largest absolute Gasteiger partial charge is 0.465 e. The standard InChI is InChI=1S/C16H11ClF3NO3/c1-24-15(23)11-7-6-9(17)8-13(11)21-14(22)10-4-2-3-5-12(10)16(18,19)20/h2-8H,1H3,(H,21,22). The molecule has 4 nitrogen and oxygen atoms in total. The van der Waals surface area contributed by atoms with Crippen LogP contribution in [0.1, 0.15) is 26.3 Å². The Balaban J connectivity index is 2.42. The van der Waals surface area contributed by atoms with Gasteiger partial charge >= 0.3 is 12.1 Å².